The maximum atomic E-state index is 6.21. The first-order valence-electron chi connectivity index (χ1n) is 6.54. The van der Waals surface area contributed by atoms with Gasteiger partial charge in [0.25, 0.3) is 0 Å². The third kappa shape index (κ3) is 1.44. The molecule has 18 heavy (non-hydrogen) atoms. The summed E-state index contributed by atoms with van der Waals surface area (Å²) in [5.74, 6) is 0. The van der Waals surface area contributed by atoms with Gasteiger partial charge in [-0.3, -0.25) is 0 Å². The van der Waals surface area contributed by atoms with E-state index in [-0.39, 0.29) is 11.2 Å². The summed E-state index contributed by atoms with van der Waals surface area (Å²) in [6.07, 6.45) is 1.01. The fourth-order valence-corrected chi connectivity index (χ4v) is 2.87. The molecule has 3 rings (SSSR count). The molecule has 0 aromatic heterocycles. The van der Waals surface area contributed by atoms with Gasteiger partial charge < -0.3 is 4.74 Å². The molecule has 0 N–H and O–H groups in total. The number of hydrogen-bond acceptors (Lipinski definition) is 1. The van der Waals surface area contributed by atoms with Crippen molar-refractivity contribution in [3.63, 3.8) is 0 Å². The zero-order chi connectivity index (χ0) is 12.6. The molecule has 1 heterocycles. The lowest BCUT2D eigenvalue weighted by molar-refractivity contribution is 0.283. The Labute approximate surface area is 108 Å². The van der Waals surface area contributed by atoms with E-state index in [4.69, 9.17) is 4.74 Å². The highest BCUT2D eigenvalue weighted by Crippen LogP contribution is 2.61. The van der Waals surface area contributed by atoms with Gasteiger partial charge in [0.2, 0.25) is 0 Å². The van der Waals surface area contributed by atoms with Crippen molar-refractivity contribution in [3.05, 3.63) is 71.8 Å². The van der Waals surface area contributed by atoms with Crippen molar-refractivity contribution in [2.24, 2.45) is 0 Å². The van der Waals surface area contributed by atoms with E-state index in [0.29, 0.717) is 0 Å². The summed E-state index contributed by atoms with van der Waals surface area (Å²) in [5, 5.41) is 0. The van der Waals surface area contributed by atoms with Crippen molar-refractivity contribution in [1.82, 2.24) is 0 Å². The molecule has 1 atom stereocenters. The van der Waals surface area contributed by atoms with Gasteiger partial charge in [0.15, 0.2) is 0 Å². The minimum Gasteiger partial charge on any atom is -0.353 e. The van der Waals surface area contributed by atoms with Crippen molar-refractivity contribution in [1.29, 1.82) is 0 Å². The molecule has 1 saturated heterocycles. The number of epoxide rings is 1. The maximum absolute atomic E-state index is 6.21. The molecule has 2 aromatic rings. The van der Waals surface area contributed by atoms with Crippen LogP contribution in [0.15, 0.2) is 60.7 Å². The van der Waals surface area contributed by atoms with Gasteiger partial charge in [-0.15, -0.1) is 0 Å². The summed E-state index contributed by atoms with van der Waals surface area (Å²) >= 11 is 0. The molecule has 0 spiro atoms. The highest BCUT2D eigenvalue weighted by Gasteiger charge is 2.67. The van der Waals surface area contributed by atoms with Crippen LogP contribution >= 0.6 is 0 Å². The largest absolute Gasteiger partial charge is 0.353 e. The maximum Gasteiger partial charge on any atom is 0.148 e. The average Bonchev–Trinajstić information content (AvgIpc) is 3.09. The first kappa shape index (κ1) is 11.5. The van der Waals surface area contributed by atoms with Gasteiger partial charge in [0.1, 0.15) is 11.2 Å². The number of ether oxygens (including phenoxy) is 1. The Morgan fingerprint density at radius 1 is 0.833 bits per heavy atom. The van der Waals surface area contributed by atoms with E-state index in [1.807, 2.05) is 12.1 Å². The van der Waals surface area contributed by atoms with Gasteiger partial charge in [-0.05, 0) is 24.5 Å². The summed E-state index contributed by atoms with van der Waals surface area (Å²) < 4.78 is 6.21. The predicted molar refractivity (Wildman–Crippen MR) is 73.4 cm³/mol. The predicted octanol–water partition coefficient (Wildman–Crippen LogP) is 4.13. The molecule has 0 radical (unpaired) electrons. The number of hydrogen-bond donors (Lipinski definition) is 0. The van der Waals surface area contributed by atoms with E-state index in [1.54, 1.807) is 0 Å². The van der Waals surface area contributed by atoms with Crippen molar-refractivity contribution >= 4 is 0 Å². The first-order valence-corrected chi connectivity index (χ1v) is 6.54. The lowest BCUT2D eigenvalue weighted by Gasteiger charge is -2.17. The second kappa shape index (κ2) is 3.96. The van der Waals surface area contributed by atoms with Crippen LogP contribution in [0.1, 0.15) is 31.4 Å². The van der Waals surface area contributed by atoms with E-state index in [0.717, 1.165) is 6.42 Å². The molecule has 1 aliphatic heterocycles. The lowest BCUT2D eigenvalue weighted by atomic mass is 9.80. The van der Waals surface area contributed by atoms with E-state index >= 15 is 0 Å². The third-order valence-electron chi connectivity index (χ3n) is 4.12. The minimum absolute atomic E-state index is 0.0876. The van der Waals surface area contributed by atoms with Gasteiger partial charge >= 0.3 is 0 Å². The highest BCUT2D eigenvalue weighted by molar-refractivity contribution is 5.45. The van der Waals surface area contributed by atoms with Crippen LogP contribution in [0.2, 0.25) is 0 Å². The summed E-state index contributed by atoms with van der Waals surface area (Å²) in [6.45, 7) is 4.39. The highest BCUT2D eigenvalue weighted by atomic mass is 16.6. The van der Waals surface area contributed by atoms with Crippen LogP contribution in [0.25, 0.3) is 0 Å². The molecule has 0 bridgehead atoms. The summed E-state index contributed by atoms with van der Waals surface area (Å²) in [4.78, 5) is 0. The average molecular weight is 238 g/mol. The van der Waals surface area contributed by atoms with Crippen molar-refractivity contribution in [3.8, 4) is 0 Å². The van der Waals surface area contributed by atoms with Crippen LogP contribution < -0.4 is 0 Å². The Kier molecular flexibility index (Phi) is 2.53. The molecule has 1 heteroatoms. The number of benzene rings is 2. The van der Waals surface area contributed by atoms with Crippen LogP contribution in [0.5, 0.6) is 0 Å². The molecule has 0 amide bonds. The van der Waals surface area contributed by atoms with Crippen LogP contribution in [-0.2, 0) is 10.3 Å². The molecule has 0 aliphatic carbocycles. The molecule has 1 unspecified atom stereocenters. The summed E-state index contributed by atoms with van der Waals surface area (Å²) in [7, 11) is 0. The van der Waals surface area contributed by atoms with Gasteiger partial charge in [0.05, 0.1) is 0 Å². The van der Waals surface area contributed by atoms with Crippen molar-refractivity contribution in [2.75, 3.05) is 0 Å². The summed E-state index contributed by atoms with van der Waals surface area (Å²) in [5.41, 5.74) is 2.15. The Hall–Kier alpha value is -1.60. The lowest BCUT2D eigenvalue weighted by Crippen LogP contribution is -2.22. The molecule has 1 fully saturated rings. The van der Waals surface area contributed by atoms with Crippen LogP contribution in [0.3, 0.4) is 0 Å². The Balaban J connectivity index is 2.14. The van der Waals surface area contributed by atoms with E-state index in [9.17, 15) is 0 Å². The van der Waals surface area contributed by atoms with Gasteiger partial charge in [-0.25, -0.2) is 0 Å². The minimum atomic E-state index is -0.260. The van der Waals surface area contributed by atoms with Gasteiger partial charge in [-0.1, -0.05) is 67.6 Å². The molecular formula is C17H18O. The normalized spacial score (nSPS) is 24.8. The topological polar surface area (TPSA) is 12.5 Å². The smallest absolute Gasteiger partial charge is 0.148 e. The van der Waals surface area contributed by atoms with E-state index in [1.165, 1.54) is 11.1 Å². The summed E-state index contributed by atoms with van der Waals surface area (Å²) in [6, 6.07) is 21.1. The molecular weight excluding hydrogens is 220 g/mol. The second-order valence-electron chi connectivity index (χ2n) is 5.10. The first-order chi connectivity index (χ1) is 8.73. The van der Waals surface area contributed by atoms with E-state index < -0.39 is 0 Å². The monoisotopic (exact) mass is 238 g/mol. The Bertz CT molecular complexity index is 493. The molecule has 1 nitrogen and oxygen atoms in total. The van der Waals surface area contributed by atoms with Crippen LogP contribution in [-0.4, -0.2) is 5.60 Å². The van der Waals surface area contributed by atoms with Gasteiger partial charge in [-0.2, -0.15) is 0 Å². The molecule has 0 saturated carbocycles. The standard InChI is InChI=1S/C17H18O/c1-3-16(2)17(18-16,14-10-6-4-7-11-14)15-12-8-5-9-13-15/h4-13H,3H2,1-2H3. The number of rotatable bonds is 3. The molecule has 1 aliphatic rings. The Morgan fingerprint density at radius 3 is 1.61 bits per heavy atom. The quantitative estimate of drug-likeness (QED) is 0.732. The zero-order valence-electron chi connectivity index (χ0n) is 10.9. The second-order valence-corrected chi connectivity index (χ2v) is 5.10. The van der Waals surface area contributed by atoms with Crippen molar-refractivity contribution in [2.45, 2.75) is 31.5 Å². The fourth-order valence-electron chi connectivity index (χ4n) is 2.87. The van der Waals surface area contributed by atoms with Crippen molar-refractivity contribution < 1.29 is 4.74 Å². The third-order valence-corrected chi connectivity index (χ3v) is 4.12. The zero-order valence-corrected chi connectivity index (χ0v) is 10.9. The molecule has 2 aromatic carbocycles. The molecule has 92 valence electrons. The van der Waals surface area contributed by atoms with Crippen LogP contribution in [0.4, 0.5) is 0 Å². The Morgan fingerprint density at radius 2 is 1.28 bits per heavy atom. The van der Waals surface area contributed by atoms with Crippen LogP contribution in [0, 0.1) is 0 Å². The van der Waals surface area contributed by atoms with E-state index in [2.05, 4.69) is 62.4 Å². The SMILES string of the molecule is CCC1(C)OC1(c1ccccc1)c1ccccc1. The fraction of sp³-hybridized carbons (Fsp3) is 0.294. The van der Waals surface area contributed by atoms with Gasteiger partial charge in [0, 0.05) is 0 Å².